The number of rotatable bonds is 7. The van der Waals surface area contributed by atoms with E-state index in [1.807, 2.05) is 0 Å². The summed E-state index contributed by atoms with van der Waals surface area (Å²) in [6.45, 7) is 14.4. The lowest BCUT2D eigenvalue weighted by Gasteiger charge is -2.22. The molecule has 0 saturated heterocycles. The van der Waals surface area contributed by atoms with Crippen molar-refractivity contribution < 1.29 is 37.2 Å². The van der Waals surface area contributed by atoms with Crippen LogP contribution in [0.2, 0.25) is 0 Å². The number of amides is 2. The predicted octanol–water partition coefficient (Wildman–Crippen LogP) is 4.77. The zero-order valence-corrected chi connectivity index (χ0v) is 26.0. The highest BCUT2D eigenvalue weighted by Crippen LogP contribution is 2.42. The van der Waals surface area contributed by atoms with Gasteiger partial charge >= 0.3 is 11.9 Å². The molecule has 12 nitrogen and oxygen atoms in total. The van der Waals surface area contributed by atoms with Crippen LogP contribution in [0.15, 0.2) is 28.2 Å². The zero-order chi connectivity index (χ0) is 31.1. The van der Waals surface area contributed by atoms with Gasteiger partial charge in [0.2, 0.25) is 5.91 Å². The van der Waals surface area contributed by atoms with E-state index in [4.69, 9.17) is 9.57 Å². The number of allylic oxidation sites excluding steroid dienone is 1. The van der Waals surface area contributed by atoms with Crippen molar-refractivity contribution in [1.82, 2.24) is 4.98 Å². The van der Waals surface area contributed by atoms with Crippen LogP contribution in [-0.2, 0) is 38.8 Å². The molecule has 2 N–H and O–H groups in total. The van der Waals surface area contributed by atoms with Crippen molar-refractivity contribution in [3.8, 4) is 0 Å². The minimum absolute atomic E-state index is 0.0227. The second kappa shape index (κ2) is 11.2. The van der Waals surface area contributed by atoms with E-state index in [1.54, 1.807) is 48.5 Å². The van der Waals surface area contributed by atoms with E-state index in [1.165, 1.54) is 32.0 Å². The van der Waals surface area contributed by atoms with E-state index in [-0.39, 0.29) is 44.2 Å². The summed E-state index contributed by atoms with van der Waals surface area (Å²) in [6, 6.07) is 4.26. The summed E-state index contributed by atoms with van der Waals surface area (Å²) in [6.07, 6.45) is 0.180. The van der Waals surface area contributed by atoms with Crippen LogP contribution in [-0.4, -0.2) is 37.2 Å². The monoisotopic (exact) mass is 606 g/mol. The molecule has 0 bridgehead atoms. The number of aryl methyl sites for hydroxylation is 1. The van der Waals surface area contributed by atoms with Gasteiger partial charge in [-0.25, -0.2) is 18.2 Å². The smallest absolute Gasteiger partial charge is 0.338 e. The molecule has 0 spiro atoms. The topological polar surface area (TPSA) is 161 Å². The zero-order valence-electron chi connectivity index (χ0n) is 24.4. The van der Waals surface area contributed by atoms with E-state index in [2.05, 4.69) is 15.0 Å². The first-order chi connectivity index (χ1) is 18.8. The minimum Gasteiger partial charge on any atom is -0.430 e. The van der Waals surface area contributed by atoms with Gasteiger partial charge in [-0.3, -0.25) is 19.1 Å². The number of nitrogens with one attached hydrogen (secondary N) is 2. The fourth-order valence-corrected chi connectivity index (χ4v) is 5.99. The molecular weight excluding hydrogens is 572 g/mol. The third kappa shape index (κ3) is 6.93. The molecule has 41 heavy (non-hydrogen) atoms. The summed E-state index contributed by atoms with van der Waals surface area (Å²) in [5, 5.41) is 3.37. The van der Waals surface area contributed by atoms with Crippen LogP contribution in [0, 0.1) is 17.8 Å². The van der Waals surface area contributed by atoms with Gasteiger partial charge in [-0.05, 0) is 66.7 Å². The normalized spacial score (nSPS) is 14.9. The van der Waals surface area contributed by atoms with Gasteiger partial charge in [-0.15, -0.1) is 5.06 Å². The average Bonchev–Trinajstić information content (AvgIpc) is 3.32. The number of fused-ring (bicyclic) bond motifs is 1. The standard InChI is InChI=1S/C27H34N4O8S2/c1-10-19(38-23(34)26(4,5)6)20-17-12-11-16(13-18(17)31(21(20)33)39-24(35)27(7,8)9)30-41(36,37)22-14(2)28-25(40-22)29-15(3)32/h11-13,30H,10H2,1-9H3,(H,28,29,32). The molecule has 1 aromatic carbocycles. The third-order valence-electron chi connectivity index (χ3n) is 5.63. The molecule has 0 saturated carbocycles. The van der Waals surface area contributed by atoms with Crippen LogP contribution in [0.5, 0.6) is 0 Å². The molecule has 2 amide bonds. The highest BCUT2D eigenvalue weighted by Gasteiger charge is 2.41. The Morgan fingerprint density at radius 1 is 1.05 bits per heavy atom. The Labute approximate surface area is 243 Å². The Hall–Kier alpha value is -3.78. The summed E-state index contributed by atoms with van der Waals surface area (Å²) in [7, 11) is -4.16. The number of ether oxygens (including phenoxy) is 1. The number of sulfonamides is 1. The first-order valence-electron chi connectivity index (χ1n) is 12.7. The van der Waals surface area contributed by atoms with Crippen LogP contribution in [0.3, 0.4) is 0 Å². The van der Waals surface area contributed by atoms with Crippen LogP contribution in [0.25, 0.3) is 5.57 Å². The molecule has 222 valence electrons. The number of aromatic nitrogens is 1. The number of thiazole rings is 1. The molecule has 2 aromatic rings. The lowest BCUT2D eigenvalue weighted by Crippen LogP contribution is -2.35. The lowest BCUT2D eigenvalue weighted by atomic mass is 9.97. The van der Waals surface area contributed by atoms with Crippen molar-refractivity contribution in [2.45, 2.75) is 72.9 Å². The number of nitrogens with zero attached hydrogens (tertiary/aromatic N) is 2. The van der Waals surface area contributed by atoms with Gasteiger partial charge < -0.3 is 14.9 Å². The Balaban J connectivity index is 2.10. The number of carbonyl (C=O) groups excluding carboxylic acids is 4. The van der Waals surface area contributed by atoms with E-state index in [0.717, 1.165) is 16.4 Å². The van der Waals surface area contributed by atoms with Crippen molar-refractivity contribution in [3.63, 3.8) is 0 Å². The Bertz CT molecular complexity index is 1560. The first kappa shape index (κ1) is 31.7. The highest BCUT2D eigenvalue weighted by atomic mass is 32.2. The first-order valence-corrected chi connectivity index (χ1v) is 15.0. The number of benzene rings is 1. The predicted molar refractivity (Wildman–Crippen MR) is 154 cm³/mol. The second-order valence-corrected chi connectivity index (χ2v) is 14.3. The number of hydroxylamine groups is 1. The van der Waals surface area contributed by atoms with Gasteiger partial charge in [0.15, 0.2) is 9.34 Å². The third-order valence-corrected chi connectivity index (χ3v) is 8.70. The molecule has 1 aliphatic rings. The number of carbonyl (C=O) groups is 4. The summed E-state index contributed by atoms with van der Waals surface area (Å²) >= 11 is 0.783. The van der Waals surface area contributed by atoms with Crippen LogP contribution < -0.4 is 15.1 Å². The minimum atomic E-state index is -4.16. The number of hydrogen-bond acceptors (Lipinski definition) is 10. The van der Waals surface area contributed by atoms with Crippen molar-refractivity contribution in [1.29, 1.82) is 0 Å². The molecule has 2 heterocycles. The quantitative estimate of drug-likeness (QED) is 0.257. The second-order valence-electron chi connectivity index (χ2n) is 11.4. The summed E-state index contributed by atoms with van der Waals surface area (Å²) in [5.74, 6) is -2.31. The summed E-state index contributed by atoms with van der Waals surface area (Å²) in [4.78, 5) is 60.0. The van der Waals surface area contributed by atoms with Gasteiger partial charge in [-0.2, -0.15) is 0 Å². The molecule has 0 radical (unpaired) electrons. The summed E-state index contributed by atoms with van der Waals surface area (Å²) in [5.41, 5.74) is -1.17. The number of anilines is 3. The average molecular weight is 607 g/mol. The van der Waals surface area contributed by atoms with Crippen LogP contribution in [0.4, 0.5) is 16.5 Å². The van der Waals surface area contributed by atoms with Crippen LogP contribution >= 0.6 is 11.3 Å². The molecule has 0 atom stereocenters. The maximum Gasteiger partial charge on any atom is 0.338 e. The highest BCUT2D eigenvalue weighted by molar-refractivity contribution is 7.94. The molecule has 0 fully saturated rings. The van der Waals surface area contributed by atoms with Crippen molar-refractivity contribution in [2.75, 3.05) is 15.1 Å². The van der Waals surface area contributed by atoms with Gasteiger partial charge in [0.25, 0.3) is 15.9 Å². The van der Waals surface area contributed by atoms with E-state index < -0.39 is 44.6 Å². The molecule has 1 aromatic heterocycles. The van der Waals surface area contributed by atoms with E-state index >= 15 is 0 Å². The molecule has 3 rings (SSSR count). The SMILES string of the molecule is CCC(OC(=O)C(C)(C)C)=C1C(=O)N(OC(=O)C(C)(C)C)c2cc(NS(=O)(=O)c3sc(NC(C)=O)nc3C)ccc21. The maximum atomic E-state index is 13.6. The van der Waals surface area contributed by atoms with E-state index in [9.17, 15) is 27.6 Å². The fourth-order valence-electron chi connectivity index (χ4n) is 3.48. The lowest BCUT2D eigenvalue weighted by molar-refractivity contribution is -0.157. The van der Waals surface area contributed by atoms with E-state index in [0.29, 0.717) is 5.56 Å². The molecule has 0 aliphatic carbocycles. The number of esters is 1. The maximum absolute atomic E-state index is 13.6. The molecular formula is C27H34N4O8S2. The summed E-state index contributed by atoms with van der Waals surface area (Å²) < 4.78 is 34.4. The van der Waals surface area contributed by atoms with Gasteiger partial charge in [0.1, 0.15) is 5.76 Å². The van der Waals surface area contributed by atoms with Crippen molar-refractivity contribution in [3.05, 3.63) is 35.2 Å². The van der Waals surface area contributed by atoms with Crippen LogP contribution in [0.1, 0.15) is 73.1 Å². The fraction of sp³-hybridized carbons (Fsp3) is 0.444. The van der Waals surface area contributed by atoms with Crippen molar-refractivity contribution >= 4 is 67.2 Å². The number of hydrogen-bond donors (Lipinski definition) is 2. The molecule has 14 heteroatoms. The Morgan fingerprint density at radius 3 is 2.20 bits per heavy atom. The van der Waals surface area contributed by atoms with Gasteiger partial charge in [0.05, 0.1) is 33.5 Å². The Kier molecular flexibility index (Phi) is 8.70. The van der Waals surface area contributed by atoms with Gasteiger partial charge in [0, 0.05) is 18.9 Å². The van der Waals surface area contributed by atoms with Crippen molar-refractivity contribution in [2.24, 2.45) is 10.8 Å². The van der Waals surface area contributed by atoms with Gasteiger partial charge in [-0.1, -0.05) is 18.3 Å². The largest absolute Gasteiger partial charge is 0.430 e. The molecule has 0 unspecified atom stereocenters. The molecule has 1 aliphatic heterocycles. The Morgan fingerprint density at radius 2 is 1.66 bits per heavy atom.